The van der Waals surface area contributed by atoms with Crippen LogP contribution in [0, 0.1) is 0 Å². The van der Waals surface area contributed by atoms with Crippen LogP contribution in [-0.4, -0.2) is 41.8 Å². The van der Waals surface area contributed by atoms with E-state index in [2.05, 4.69) is 5.32 Å². The number of carbonyl (C=O) groups is 2. The van der Waals surface area contributed by atoms with E-state index in [0.29, 0.717) is 23.7 Å². The molecule has 2 aromatic carbocycles. The molecule has 0 radical (unpaired) electrons. The molecule has 3 rings (SSSR count). The summed E-state index contributed by atoms with van der Waals surface area (Å²) in [5.74, 6) is -2.21. The van der Waals surface area contributed by atoms with Crippen LogP contribution in [0.3, 0.4) is 0 Å². The van der Waals surface area contributed by atoms with Crippen molar-refractivity contribution in [3.05, 3.63) is 63.6 Å². The van der Waals surface area contributed by atoms with Gasteiger partial charge in [-0.25, -0.2) is 17.5 Å². The van der Waals surface area contributed by atoms with E-state index in [4.69, 9.17) is 23.2 Å². The summed E-state index contributed by atoms with van der Waals surface area (Å²) in [6.45, 7) is 2.23. The molecule has 0 saturated heterocycles. The minimum atomic E-state index is -4.55. The third kappa shape index (κ3) is 5.26. The van der Waals surface area contributed by atoms with E-state index in [0.717, 1.165) is 23.3 Å². The number of benzene rings is 2. The molecule has 0 saturated carbocycles. The van der Waals surface area contributed by atoms with Gasteiger partial charge >= 0.3 is 5.97 Å². The number of sulfonamides is 1. The van der Waals surface area contributed by atoms with Crippen LogP contribution in [0.25, 0.3) is 0 Å². The van der Waals surface area contributed by atoms with Crippen LogP contribution in [0.2, 0.25) is 10.0 Å². The normalized spacial score (nSPS) is 16.8. The average Bonchev–Trinajstić information content (AvgIpc) is 2.74. The summed E-state index contributed by atoms with van der Waals surface area (Å²) in [6, 6.07) is 8.76. The molecule has 2 N–H and O–H groups in total. The molecular formula is C22H24Cl2N2O5S. The Morgan fingerprint density at radius 2 is 1.78 bits per heavy atom. The maximum atomic E-state index is 13.6. The number of rotatable bonds is 8. The lowest BCUT2D eigenvalue weighted by molar-refractivity contribution is -0.147. The quantitative estimate of drug-likeness (QED) is 0.572. The van der Waals surface area contributed by atoms with E-state index in [-0.39, 0.29) is 27.8 Å². The van der Waals surface area contributed by atoms with Crippen LogP contribution in [0.4, 0.5) is 0 Å². The number of halogens is 2. The van der Waals surface area contributed by atoms with Gasteiger partial charge in [0.2, 0.25) is 0 Å². The fraction of sp³-hybridized carbons (Fsp3) is 0.364. The second-order valence-electron chi connectivity index (χ2n) is 7.65. The van der Waals surface area contributed by atoms with Gasteiger partial charge in [0.25, 0.3) is 15.9 Å². The van der Waals surface area contributed by atoms with Crippen LogP contribution >= 0.6 is 23.2 Å². The van der Waals surface area contributed by atoms with Gasteiger partial charge in [0, 0.05) is 16.6 Å². The Morgan fingerprint density at radius 1 is 1.16 bits per heavy atom. The summed E-state index contributed by atoms with van der Waals surface area (Å²) < 4.78 is 27.6. The highest BCUT2D eigenvalue weighted by molar-refractivity contribution is 7.89. The van der Waals surface area contributed by atoms with Crippen molar-refractivity contribution in [2.75, 3.05) is 0 Å². The van der Waals surface area contributed by atoms with Crippen molar-refractivity contribution < 1.29 is 23.1 Å². The van der Waals surface area contributed by atoms with Crippen molar-refractivity contribution in [2.24, 2.45) is 0 Å². The lowest BCUT2D eigenvalue weighted by atomic mass is 9.95. The summed E-state index contributed by atoms with van der Waals surface area (Å²) in [6.07, 6.45) is 1.32. The van der Waals surface area contributed by atoms with Gasteiger partial charge in [-0.2, -0.15) is 0 Å². The average molecular weight is 499 g/mol. The molecule has 0 unspecified atom stereocenters. The lowest BCUT2D eigenvalue weighted by Gasteiger charge is -2.33. The minimum Gasteiger partial charge on any atom is -0.480 e. The van der Waals surface area contributed by atoms with Gasteiger partial charge < -0.3 is 10.4 Å². The predicted molar refractivity (Wildman–Crippen MR) is 122 cm³/mol. The molecule has 1 aliphatic heterocycles. The molecule has 0 fully saturated rings. The van der Waals surface area contributed by atoms with E-state index in [1.54, 1.807) is 0 Å². The Balaban J connectivity index is 2.06. The zero-order valence-corrected chi connectivity index (χ0v) is 19.8. The van der Waals surface area contributed by atoms with Gasteiger partial charge in [0.05, 0.1) is 10.9 Å². The first-order chi connectivity index (χ1) is 15.1. The highest BCUT2D eigenvalue weighted by Crippen LogP contribution is 2.29. The third-order valence-electron chi connectivity index (χ3n) is 5.39. The molecule has 1 heterocycles. The van der Waals surface area contributed by atoms with Crippen LogP contribution in [-0.2, 0) is 32.6 Å². The summed E-state index contributed by atoms with van der Waals surface area (Å²) >= 11 is 12.0. The third-order valence-corrected chi connectivity index (χ3v) is 7.61. The van der Waals surface area contributed by atoms with E-state index in [1.165, 1.54) is 6.07 Å². The van der Waals surface area contributed by atoms with E-state index < -0.39 is 34.0 Å². The maximum absolute atomic E-state index is 13.6. The number of carbonyl (C=O) groups excluding carboxylic acids is 1. The fourth-order valence-electron chi connectivity index (χ4n) is 3.75. The Bertz CT molecular complexity index is 1100. The molecule has 7 nitrogen and oxygen atoms in total. The minimum absolute atomic E-state index is 0.00555. The van der Waals surface area contributed by atoms with E-state index in [9.17, 15) is 23.1 Å². The molecule has 1 amide bonds. The number of amides is 1. The number of fused-ring (bicyclic) bond motifs is 1. The topological polar surface area (TPSA) is 104 Å². The van der Waals surface area contributed by atoms with Crippen molar-refractivity contribution in [1.82, 2.24) is 9.62 Å². The van der Waals surface area contributed by atoms with Crippen LogP contribution in [0.1, 0.15) is 37.3 Å². The van der Waals surface area contributed by atoms with Crippen LogP contribution in [0.5, 0.6) is 0 Å². The first-order valence-electron chi connectivity index (χ1n) is 10.2. The second kappa shape index (κ2) is 10.2. The molecule has 172 valence electrons. The number of carboxylic acids is 1. The van der Waals surface area contributed by atoms with Gasteiger partial charge in [-0.1, -0.05) is 67.2 Å². The smallest absolute Gasteiger partial charge is 0.327 e. The SMILES string of the molecule is CCCC[C@@H](C(=O)O)N(C(=O)[C@@H]1Cc2ccccc2CN1)S(=O)(=O)c1cc(Cl)cc(Cl)c1. The Hall–Kier alpha value is -2.13. The largest absolute Gasteiger partial charge is 0.480 e. The van der Waals surface area contributed by atoms with E-state index >= 15 is 0 Å². The van der Waals surface area contributed by atoms with Crippen molar-refractivity contribution in [1.29, 1.82) is 0 Å². The molecule has 0 aromatic heterocycles. The Labute approximate surface area is 197 Å². The van der Waals surface area contributed by atoms with Crippen LogP contribution in [0.15, 0.2) is 47.4 Å². The summed E-state index contributed by atoms with van der Waals surface area (Å²) in [7, 11) is -4.55. The molecular weight excluding hydrogens is 475 g/mol. The monoisotopic (exact) mass is 498 g/mol. The standard InChI is InChI=1S/C22H24Cl2N2O5S/c1-2-3-8-20(22(28)29)26(32(30,31)18-11-16(23)10-17(24)12-18)21(27)19-9-14-6-4-5-7-15(14)13-25-19/h4-7,10-12,19-20,25H,2-3,8-9,13H2,1H3,(H,28,29)/t19-,20-/m0/s1. The van der Waals surface area contributed by atoms with Gasteiger partial charge in [-0.15, -0.1) is 0 Å². The molecule has 1 aliphatic rings. The molecule has 0 spiro atoms. The lowest BCUT2D eigenvalue weighted by Crippen LogP contribution is -2.56. The fourth-order valence-corrected chi connectivity index (χ4v) is 6.08. The number of nitrogens with zero attached hydrogens (tertiary/aromatic N) is 1. The van der Waals surface area contributed by atoms with Crippen LogP contribution < -0.4 is 5.32 Å². The zero-order valence-electron chi connectivity index (χ0n) is 17.4. The number of aliphatic carboxylic acids is 1. The van der Waals surface area contributed by atoms with Crippen molar-refractivity contribution >= 4 is 45.1 Å². The number of nitrogens with one attached hydrogen (secondary N) is 1. The highest BCUT2D eigenvalue weighted by atomic mass is 35.5. The Kier molecular flexibility index (Phi) is 7.82. The number of hydrogen-bond acceptors (Lipinski definition) is 5. The Morgan fingerprint density at radius 3 is 2.38 bits per heavy atom. The zero-order chi connectivity index (χ0) is 23.5. The highest BCUT2D eigenvalue weighted by Gasteiger charge is 2.43. The van der Waals surface area contributed by atoms with Gasteiger partial charge in [0.15, 0.2) is 0 Å². The van der Waals surface area contributed by atoms with Crippen molar-refractivity contribution in [3.8, 4) is 0 Å². The number of carboxylic acid groups (broad SMARTS) is 1. The van der Waals surface area contributed by atoms with Crippen molar-refractivity contribution in [2.45, 2.75) is 56.1 Å². The van der Waals surface area contributed by atoms with E-state index in [1.807, 2.05) is 31.2 Å². The first kappa shape index (κ1) is 24.5. The molecule has 32 heavy (non-hydrogen) atoms. The number of hydrogen-bond donors (Lipinski definition) is 2. The predicted octanol–water partition coefficient (Wildman–Crippen LogP) is 3.87. The first-order valence-corrected chi connectivity index (χ1v) is 12.4. The molecule has 2 atom stereocenters. The number of unbranched alkanes of at least 4 members (excludes halogenated alkanes) is 1. The van der Waals surface area contributed by atoms with Gasteiger partial charge in [-0.05, 0) is 42.2 Å². The van der Waals surface area contributed by atoms with Crippen molar-refractivity contribution in [3.63, 3.8) is 0 Å². The second-order valence-corrected chi connectivity index (χ2v) is 10.3. The summed E-state index contributed by atoms with van der Waals surface area (Å²) in [5.41, 5.74) is 1.92. The van der Waals surface area contributed by atoms with Gasteiger partial charge in [-0.3, -0.25) is 4.79 Å². The molecule has 2 aromatic rings. The molecule has 0 aliphatic carbocycles. The molecule has 0 bridgehead atoms. The molecule has 10 heteroatoms. The van der Waals surface area contributed by atoms with Gasteiger partial charge in [0.1, 0.15) is 6.04 Å². The summed E-state index contributed by atoms with van der Waals surface area (Å²) in [5, 5.41) is 13.0. The maximum Gasteiger partial charge on any atom is 0.327 e. The summed E-state index contributed by atoms with van der Waals surface area (Å²) in [4.78, 5) is 25.3.